The largest absolute Gasteiger partial charge is 0.357 e. The molecule has 0 atom stereocenters. The van der Waals surface area contributed by atoms with Gasteiger partial charge in [0, 0.05) is 32.3 Å². The van der Waals surface area contributed by atoms with Crippen molar-refractivity contribution in [3.8, 4) is 0 Å². The van der Waals surface area contributed by atoms with Crippen molar-refractivity contribution in [2.75, 3.05) is 19.6 Å². The van der Waals surface area contributed by atoms with E-state index >= 15 is 0 Å². The number of rotatable bonds is 7. The van der Waals surface area contributed by atoms with Crippen LogP contribution in [0.25, 0.3) is 5.65 Å². The molecule has 2 heterocycles. The van der Waals surface area contributed by atoms with Crippen LogP contribution in [0.5, 0.6) is 0 Å². The first-order valence-electron chi connectivity index (χ1n) is 8.17. The number of nitrogens with zero attached hydrogens (tertiary/aromatic N) is 4. The lowest BCUT2D eigenvalue weighted by molar-refractivity contribution is 0.711. The molecule has 0 aliphatic heterocycles. The number of aryl methyl sites for hydroxylation is 1. The van der Waals surface area contributed by atoms with Crippen molar-refractivity contribution < 1.29 is 0 Å². The van der Waals surface area contributed by atoms with E-state index in [1.54, 1.807) is 0 Å². The summed E-state index contributed by atoms with van der Waals surface area (Å²) in [6.07, 6.45) is 6.59. The highest BCUT2D eigenvalue weighted by molar-refractivity contribution is 14.0. The fourth-order valence-electron chi connectivity index (χ4n) is 2.38. The second-order valence-electron chi connectivity index (χ2n) is 5.74. The standard InChI is InChI=1S/C16H24N6.HI/c1-2-17-16(19-12-13-8-9-13)18-10-5-7-15-21-20-14-6-3-4-11-22(14)15;/h3-4,6,11,13H,2,5,7-10,12H2,1H3,(H2,17,18,19);1H. The Labute approximate surface area is 154 Å². The summed E-state index contributed by atoms with van der Waals surface area (Å²) in [7, 11) is 0. The van der Waals surface area contributed by atoms with E-state index in [2.05, 4.69) is 32.7 Å². The maximum absolute atomic E-state index is 4.62. The highest BCUT2D eigenvalue weighted by Gasteiger charge is 2.20. The number of fused-ring (bicyclic) bond motifs is 1. The van der Waals surface area contributed by atoms with E-state index in [1.807, 2.05) is 28.8 Å². The van der Waals surface area contributed by atoms with Gasteiger partial charge in [0.25, 0.3) is 0 Å². The van der Waals surface area contributed by atoms with Crippen LogP contribution < -0.4 is 10.6 Å². The van der Waals surface area contributed by atoms with Gasteiger partial charge in [-0.15, -0.1) is 34.2 Å². The molecule has 126 valence electrons. The number of guanidine groups is 1. The molecule has 0 radical (unpaired) electrons. The predicted molar refractivity (Wildman–Crippen MR) is 103 cm³/mol. The second-order valence-corrected chi connectivity index (χ2v) is 5.74. The van der Waals surface area contributed by atoms with Gasteiger partial charge >= 0.3 is 0 Å². The van der Waals surface area contributed by atoms with Crippen LogP contribution in [0.4, 0.5) is 0 Å². The molecule has 0 aromatic carbocycles. The summed E-state index contributed by atoms with van der Waals surface area (Å²) in [5.74, 6) is 2.76. The van der Waals surface area contributed by atoms with Crippen molar-refractivity contribution in [1.82, 2.24) is 25.2 Å². The van der Waals surface area contributed by atoms with Crippen molar-refractivity contribution >= 4 is 35.6 Å². The van der Waals surface area contributed by atoms with Crippen LogP contribution in [0.2, 0.25) is 0 Å². The van der Waals surface area contributed by atoms with Gasteiger partial charge in [0.1, 0.15) is 5.82 Å². The molecule has 2 aromatic rings. The molecule has 7 heteroatoms. The molecule has 2 aromatic heterocycles. The van der Waals surface area contributed by atoms with Gasteiger partial charge in [-0.2, -0.15) is 0 Å². The van der Waals surface area contributed by atoms with E-state index in [-0.39, 0.29) is 24.0 Å². The van der Waals surface area contributed by atoms with E-state index in [4.69, 9.17) is 0 Å². The third kappa shape index (κ3) is 5.33. The summed E-state index contributed by atoms with van der Waals surface area (Å²) < 4.78 is 2.05. The van der Waals surface area contributed by atoms with Crippen molar-refractivity contribution in [1.29, 1.82) is 0 Å². The van der Waals surface area contributed by atoms with Crippen molar-refractivity contribution in [2.45, 2.75) is 32.6 Å². The molecule has 0 spiro atoms. The molecule has 1 aliphatic rings. The first kappa shape index (κ1) is 18.0. The number of pyridine rings is 1. The summed E-state index contributed by atoms with van der Waals surface area (Å²) in [5, 5.41) is 15.1. The van der Waals surface area contributed by atoms with Crippen LogP contribution in [0, 0.1) is 5.92 Å². The predicted octanol–water partition coefficient (Wildman–Crippen LogP) is 2.25. The van der Waals surface area contributed by atoms with Gasteiger partial charge in [0.15, 0.2) is 11.6 Å². The van der Waals surface area contributed by atoms with E-state index in [9.17, 15) is 0 Å². The Bertz CT molecular complexity index is 634. The minimum Gasteiger partial charge on any atom is -0.357 e. The summed E-state index contributed by atoms with van der Waals surface area (Å²) in [6.45, 7) is 4.82. The average Bonchev–Trinajstić information content (AvgIpc) is 3.28. The van der Waals surface area contributed by atoms with Gasteiger partial charge in [-0.05, 0) is 44.2 Å². The Kier molecular flexibility index (Phi) is 7.07. The lowest BCUT2D eigenvalue weighted by Gasteiger charge is -2.10. The van der Waals surface area contributed by atoms with E-state index in [0.717, 1.165) is 55.8 Å². The SMILES string of the molecule is CCNC(=NCC1CC1)NCCCc1nnc2ccccn12.I. The number of aliphatic imine (C=N–C) groups is 1. The molecule has 0 unspecified atom stereocenters. The number of hydrogen-bond acceptors (Lipinski definition) is 3. The van der Waals surface area contributed by atoms with Crippen molar-refractivity contribution in [3.05, 3.63) is 30.2 Å². The minimum atomic E-state index is 0. The topological polar surface area (TPSA) is 66.6 Å². The molecule has 3 rings (SSSR count). The van der Waals surface area contributed by atoms with Crippen LogP contribution in [0.3, 0.4) is 0 Å². The zero-order valence-electron chi connectivity index (χ0n) is 13.5. The van der Waals surface area contributed by atoms with Crippen LogP contribution >= 0.6 is 24.0 Å². The molecule has 1 saturated carbocycles. The average molecular weight is 428 g/mol. The molecule has 0 bridgehead atoms. The number of halogens is 1. The number of aromatic nitrogens is 3. The lowest BCUT2D eigenvalue weighted by Crippen LogP contribution is -2.38. The smallest absolute Gasteiger partial charge is 0.191 e. The third-order valence-electron chi connectivity index (χ3n) is 3.80. The van der Waals surface area contributed by atoms with Gasteiger partial charge in [0.05, 0.1) is 0 Å². The summed E-state index contributed by atoms with van der Waals surface area (Å²) in [5.41, 5.74) is 0.907. The lowest BCUT2D eigenvalue weighted by atomic mass is 10.3. The summed E-state index contributed by atoms with van der Waals surface area (Å²) in [4.78, 5) is 4.62. The van der Waals surface area contributed by atoms with Gasteiger partial charge < -0.3 is 10.6 Å². The van der Waals surface area contributed by atoms with E-state index in [1.165, 1.54) is 12.8 Å². The minimum absolute atomic E-state index is 0. The Morgan fingerprint density at radius 2 is 2.17 bits per heavy atom. The molecular formula is C16H25IN6. The highest BCUT2D eigenvalue weighted by Crippen LogP contribution is 2.28. The van der Waals surface area contributed by atoms with Gasteiger partial charge in [0.2, 0.25) is 0 Å². The second kappa shape index (κ2) is 9.05. The van der Waals surface area contributed by atoms with Crippen LogP contribution in [-0.2, 0) is 6.42 Å². The van der Waals surface area contributed by atoms with Crippen LogP contribution in [-0.4, -0.2) is 40.2 Å². The molecular weight excluding hydrogens is 403 g/mol. The van der Waals surface area contributed by atoms with E-state index in [0.29, 0.717) is 0 Å². The number of hydrogen-bond donors (Lipinski definition) is 2. The van der Waals surface area contributed by atoms with Gasteiger partial charge in [-0.3, -0.25) is 9.39 Å². The Balaban J connectivity index is 0.00000192. The zero-order valence-corrected chi connectivity index (χ0v) is 15.9. The molecule has 0 amide bonds. The summed E-state index contributed by atoms with van der Waals surface area (Å²) >= 11 is 0. The fourth-order valence-corrected chi connectivity index (χ4v) is 2.38. The molecule has 2 N–H and O–H groups in total. The normalized spacial score (nSPS) is 14.6. The monoisotopic (exact) mass is 428 g/mol. The Morgan fingerprint density at radius 3 is 2.96 bits per heavy atom. The zero-order chi connectivity index (χ0) is 15.2. The maximum Gasteiger partial charge on any atom is 0.191 e. The molecule has 23 heavy (non-hydrogen) atoms. The van der Waals surface area contributed by atoms with Crippen LogP contribution in [0.15, 0.2) is 29.4 Å². The van der Waals surface area contributed by atoms with Gasteiger partial charge in [-0.25, -0.2) is 0 Å². The molecule has 0 saturated heterocycles. The third-order valence-corrected chi connectivity index (χ3v) is 3.80. The highest BCUT2D eigenvalue weighted by atomic mass is 127. The Hall–Kier alpha value is -1.38. The quantitative estimate of drug-likeness (QED) is 0.307. The van der Waals surface area contributed by atoms with Crippen LogP contribution in [0.1, 0.15) is 32.0 Å². The molecule has 6 nitrogen and oxygen atoms in total. The summed E-state index contributed by atoms with van der Waals surface area (Å²) in [6, 6.07) is 5.96. The fraction of sp³-hybridized carbons (Fsp3) is 0.562. The van der Waals surface area contributed by atoms with Crippen molar-refractivity contribution in [3.63, 3.8) is 0 Å². The van der Waals surface area contributed by atoms with Crippen molar-refractivity contribution in [2.24, 2.45) is 10.9 Å². The maximum atomic E-state index is 4.62. The molecule has 1 aliphatic carbocycles. The molecule has 1 fully saturated rings. The first-order valence-corrected chi connectivity index (χ1v) is 8.17. The Morgan fingerprint density at radius 1 is 1.30 bits per heavy atom. The number of nitrogens with one attached hydrogen (secondary N) is 2. The first-order chi connectivity index (χ1) is 10.9. The van der Waals surface area contributed by atoms with E-state index < -0.39 is 0 Å². The van der Waals surface area contributed by atoms with Gasteiger partial charge in [-0.1, -0.05) is 6.07 Å².